The molecule has 8 heteroatoms. The number of nitrogens with one attached hydrogen (secondary N) is 2. The van der Waals surface area contributed by atoms with E-state index in [1.165, 1.54) is 39.0 Å². The van der Waals surface area contributed by atoms with Crippen molar-refractivity contribution in [2.24, 2.45) is 0 Å². The van der Waals surface area contributed by atoms with Crippen molar-refractivity contribution in [2.45, 2.75) is 110 Å². The fourth-order valence-electron chi connectivity index (χ4n) is 3.02. The van der Waals surface area contributed by atoms with Crippen LogP contribution in [0.3, 0.4) is 0 Å². The number of rotatable bonds is 17. The van der Waals surface area contributed by atoms with Crippen molar-refractivity contribution in [3.8, 4) is 0 Å². The van der Waals surface area contributed by atoms with Gasteiger partial charge in [-0.3, -0.25) is 9.59 Å². The number of carbonyl (C=O) groups excluding carboxylic acids is 2. The van der Waals surface area contributed by atoms with Crippen LogP contribution < -0.4 is 10.6 Å². The molecule has 8 nitrogen and oxygen atoms in total. The van der Waals surface area contributed by atoms with Crippen LogP contribution in [-0.2, 0) is 14.4 Å². The highest BCUT2D eigenvalue weighted by molar-refractivity contribution is 5.99. The average Bonchev–Trinajstić information content (AvgIpc) is 2.68. The third-order valence-corrected chi connectivity index (χ3v) is 4.81. The molecule has 174 valence electrons. The van der Waals surface area contributed by atoms with E-state index in [1.807, 2.05) is 0 Å². The van der Waals surface area contributed by atoms with Crippen molar-refractivity contribution in [1.29, 1.82) is 0 Å². The lowest BCUT2D eigenvalue weighted by Crippen LogP contribution is -2.50. The first-order valence-corrected chi connectivity index (χ1v) is 11.2. The maximum Gasteiger partial charge on any atom is 0.328 e. The third kappa shape index (κ3) is 12.5. The Labute approximate surface area is 180 Å². The highest BCUT2D eigenvalue weighted by Crippen LogP contribution is 2.12. The predicted molar refractivity (Wildman–Crippen MR) is 116 cm³/mol. The molecule has 0 aliphatic carbocycles. The molecule has 0 aromatic heterocycles. The number of aliphatic hydroxyl groups is 2. The molecule has 0 spiro atoms. The molecule has 5 N–H and O–H groups in total. The van der Waals surface area contributed by atoms with E-state index in [0.29, 0.717) is 12.8 Å². The van der Waals surface area contributed by atoms with Crippen LogP contribution in [0.1, 0.15) is 97.8 Å². The summed E-state index contributed by atoms with van der Waals surface area (Å²) in [6.07, 6.45) is 9.60. The Morgan fingerprint density at radius 3 is 1.80 bits per heavy atom. The zero-order valence-corrected chi connectivity index (χ0v) is 18.7. The molecule has 0 bridgehead atoms. The molecule has 0 fully saturated rings. The minimum Gasteiger partial charge on any atom is -0.510 e. The number of hydrogen-bond donors (Lipinski definition) is 5. The molecule has 0 heterocycles. The standard InChI is InChI=1S/C22H40N2O6/c1-4-6-7-8-9-10-11-12-13-15-18(27)23-20(17(26)14-5-2)21(28)24-19(16(3)25)22(29)30/h16,19,25-26H,4-15H2,1-3H3,(H,23,27)(H,24,28)(H,29,30). The van der Waals surface area contributed by atoms with E-state index < -0.39 is 29.9 Å². The SMILES string of the molecule is CCCCCCCCCCCC(=O)NC(C(=O)NC(C(=O)O)C(C)O)=C(O)CCC. The van der Waals surface area contributed by atoms with Gasteiger partial charge in [0.2, 0.25) is 5.91 Å². The Kier molecular flexibility index (Phi) is 15.5. The van der Waals surface area contributed by atoms with E-state index in [1.54, 1.807) is 6.92 Å². The highest BCUT2D eigenvalue weighted by atomic mass is 16.4. The van der Waals surface area contributed by atoms with Gasteiger partial charge in [-0.15, -0.1) is 0 Å². The lowest BCUT2D eigenvalue weighted by Gasteiger charge is -2.19. The number of hydrogen-bond acceptors (Lipinski definition) is 5. The maximum absolute atomic E-state index is 12.4. The summed E-state index contributed by atoms with van der Waals surface area (Å²) in [5.74, 6) is -3.07. The molecule has 30 heavy (non-hydrogen) atoms. The van der Waals surface area contributed by atoms with Crippen molar-refractivity contribution in [1.82, 2.24) is 10.6 Å². The lowest BCUT2D eigenvalue weighted by atomic mass is 10.1. The van der Waals surface area contributed by atoms with Gasteiger partial charge >= 0.3 is 5.97 Å². The third-order valence-electron chi connectivity index (χ3n) is 4.81. The number of carbonyl (C=O) groups is 3. The zero-order valence-electron chi connectivity index (χ0n) is 18.7. The highest BCUT2D eigenvalue weighted by Gasteiger charge is 2.28. The number of aliphatic carboxylic acids is 1. The number of aliphatic hydroxyl groups excluding tert-OH is 2. The molecule has 0 aliphatic rings. The molecule has 0 aromatic carbocycles. The van der Waals surface area contributed by atoms with Gasteiger partial charge in [0.15, 0.2) is 6.04 Å². The van der Waals surface area contributed by atoms with E-state index in [9.17, 15) is 24.6 Å². The van der Waals surface area contributed by atoms with Crippen LogP contribution in [0, 0.1) is 0 Å². The van der Waals surface area contributed by atoms with Crippen LogP contribution >= 0.6 is 0 Å². The Hall–Kier alpha value is -2.09. The number of carboxylic acids is 1. The summed E-state index contributed by atoms with van der Waals surface area (Å²) in [5.41, 5.74) is -0.357. The predicted octanol–water partition coefficient (Wildman–Crippen LogP) is 3.54. The van der Waals surface area contributed by atoms with Crippen molar-refractivity contribution in [3.05, 3.63) is 11.5 Å². The zero-order chi connectivity index (χ0) is 22.9. The van der Waals surface area contributed by atoms with E-state index >= 15 is 0 Å². The first-order valence-electron chi connectivity index (χ1n) is 11.2. The van der Waals surface area contributed by atoms with Crippen molar-refractivity contribution in [2.75, 3.05) is 0 Å². The van der Waals surface area contributed by atoms with Crippen LogP contribution in [0.4, 0.5) is 0 Å². The minimum absolute atomic E-state index is 0.160. The van der Waals surface area contributed by atoms with Crippen LogP contribution in [0.15, 0.2) is 11.5 Å². The summed E-state index contributed by atoms with van der Waals surface area (Å²) in [6, 6.07) is -1.55. The molecule has 0 radical (unpaired) electrons. The van der Waals surface area contributed by atoms with Crippen LogP contribution in [-0.4, -0.2) is 45.2 Å². The van der Waals surface area contributed by atoms with E-state index in [2.05, 4.69) is 17.6 Å². The summed E-state index contributed by atoms with van der Waals surface area (Å²) >= 11 is 0. The number of allylic oxidation sites excluding steroid dienone is 1. The largest absolute Gasteiger partial charge is 0.510 e. The van der Waals surface area contributed by atoms with E-state index in [-0.39, 0.29) is 24.3 Å². The number of amides is 2. The van der Waals surface area contributed by atoms with Gasteiger partial charge in [-0.1, -0.05) is 65.2 Å². The Morgan fingerprint density at radius 1 is 0.800 bits per heavy atom. The minimum atomic E-state index is -1.55. The van der Waals surface area contributed by atoms with E-state index in [4.69, 9.17) is 5.11 Å². The molecule has 2 unspecified atom stereocenters. The van der Waals surface area contributed by atoms with Crippen molar-refractivity contribution >= 4 is 17.8 Å². The van der Waals surface area contributed by atoms with Crippen molar-refractivity contribution in [3.63, 3.8) is 0 Å². The number of unbranched alkanes of at least 4 members (excludes halogenated alkanes) is 8. The monoisotopic (exact) mass is 428 g/mol. The molecular formula is C22H40N2O6. The topological polar surface area (TPSA) is 136 Å². The van der Waals surface area contributed by atoms with Gasteiger partial charge in [0.1, 0.15) is 11.5 Å². The molecule has 0 saturated carbocycles. The second kappa shape index (κ2) is 16.7. The molecule has 0 rings (SSSR count). The summed E-state index contributed by atoms with van der Waals surface area (Å²) in [6.45, 7) is 5.22. The van der Waals surface area contributed by atoms with Gasteiger partial charge in [-0.05, 0) is 19.8 Å². The second-order valence-electron chi connectivity index (χ2n) is 7.73. The van der Waals surface area contributed by atoms with Gasteiger partial charge in [0.25, 0.3) is 5.91 Å². The molecule has 2 atom stereocenters. The Bertz CT molecular complexity index is 560. The fraction of sp³-hybridized carbons (Fsp3) is 0.773. The maximum atomic E-state index is 12.4. The summed E-state index contributed by atoms with van der Waals surface area (Å²) in [7, 11) is 0. The quantitative estimate of drug-likeness (QED) is 0.137. The number of carboxylic acid groups (broad SMARTS) is 1. The lowest BCUT2D eigenvalue weighted by molar-refractivity contribution is -0.144. The van der Waals surface area contributed by atoms with Gasteiger partial charge in [0.05, 0.1) is 6.10 Å². The summed E-state index contributed by atoms with van der Waals surface area (Å²) < 4.78 is 0. The summed E-state index contributed by atoms with van der Waals surface area (Å²) in [5, 5.41) is 33.3. The smallest absolute Gasteiger partial charge is 0.328 e. The molecule has 0 aliphatic heterocycles. The van der Waals surface area contributed by atoms with Crippen LogP contribution in [0.2, 0.25) is 0 Å². The van der Waals surface area contributed by atoms with Gasteiger partial charge in [0, 0.05) is 12.8 Å². The van der Waals surface area contributed by atoms with Crippen LogP contribution in [0.5, 0.6) is 0 Å². The van der Waals surface area contributed by atoms with Gasteiger partial charge in [-0.2, -0.15) is 0 Å². The molecule has 0 aromatic rings. The van der Waals surface area contributed by atoms with Crippen molar-refractivity contribution < 1.29 is 29.7 Å². The normalized spacial score (nSPS) is 13.9. The van der Waals surface area contributed by atoms with Crippen LogP contribution in [0.25, 0.3) is 0 Å². The molecule has 0 saturated heterocycles. The Morgan fingerprint density at radius 2 is 1.33 bits per heavy atom. The first-order chi connectivity index (χ1) is 14.2. The van der Waals surface area contributed by atoms with E-state index in [0.717, 1.165) is 19.3 Å². The Balaban J connectivity index is 4.59. The van der Waals surface area contributed by atoms with Gasteiger partial charge < -0.3 is 26.0 Å². The molecular weight excluding hydrogens is 388 g/mol. The second-order valence-corrected chi connectivity index (χ2v) is 7.73. The first kappa shape index (κ1) is 27.9. The average molecular weight is 429 g/mol. The molecule has 2 amide bonds. The fourth-order valence-corrected chi connectivity index (χ4v) is 3.02. The summed E-state index contributed by atoms with van der Waals surface area (Å²) in [4.78, 5) is 35.8. The van der Waals surface area contributed by atoms with Gasteiger partial charge in [-0.25, -0.2) is 4.79 Å².